The first kappa shape index (κ1) is 13.0. The van der Waals surface area contributed by atoms with Crippen molar-refractivity contribution in [3.8, 4) is 0 Å². The number of aliphatic hydroxyl groups is 3. The van der Waals surface area contributed by atoms with E-state index in [2.05, 4.69) is 0 Å². The molecule has 4 N–H and O–H groups in total. The maximum Gasteiger partial charge on any atom is 0.330 e. The van der Waals surface area contributed by atoms with Crippen LogP contribution in [0.15, 0.2) is 15.7 Å². The summed E-state index contributed by atoms with van der Waals surface area (Å²) in [5.74, 6) is 0. The Hall–Kier alpha value is -1.48. The minimum Gasteiger partial charge on any atom is -0.394 e. The van der Waals surface area contributed by atoms with Gasteiger partial charge in [-0.05, 0) is 6.92 Å². The van der Waals surface area contributed by atoms with E-state index in [1.165, 1.54) is 13.0 Å². The summed E-state index contributed by atoms with van der Waals surface area (Å²) < 4.78 is 6.25. The van der Waals surface area contributed by atoms with Crippen LogP contribution in [0, 0.1) is 6.92 Å². The molecule has 0 aromatic carbocycles. The number of rotatable bonds is 2. The van der Waals surface area contributed by atoms with Crippen molar-refractivity contribution in [1.82, 2.24) is 9.55 Å². The third kappa shape index (κ3) is 1.99. The van der Waals surface area contributed by atoms with Crippen molar-refractivity contribution in [2.75, 3.05) is 6.61 Å². The van der Waals surface area contributed by atoms with Gasteiger partial charge in [0, 0.05) is 11.8 Å². The first-order valence-corrected chi connectivity index (χ1v) is 5.40. The fourth-order valence-electron chi connectivity index (χ4n) is 2.03. The van der Waals surface area contributed by atoms with E-state index in [1.54, 1.807) is 0 Å². The lowest BCUT2D eigenvalue weighted by molar-refractivity contribution is -0.0559. The van der Waals surface area contributed by atoms with Crippen LogP contribution in [0.5, 0.6) is 0 Å². The third-order valence-electron chi connectivity index (χ3n) is 2.94. The quantitative estimate of drug-likeness (QED) is 0.463. The molecule has 0 aliphatic carbocycles. The van der Waals surface area contributed by atoms with E-state index in [1.807, 2.05) is 4.98 Å². The lowest BCUT2D eigenvalue weighted by atomic mass is 10.1. The van der Waals surface area contributed by atoms with Crippen LogP contribution in [-0.4, -0.2) is 49.8 Å². The van der Waals surface area contributed by atoms with Crippen LogP contribution in [0.4, 0.5) is 0 Å². The highest BCUT2D eigenvalue weighted by molar-refractivity contribution is 5.02. The van der Waals surface area contributed by atoms with Crippen LogP contribution in [0.25, 0.3) is 0 Å². The van der Waals surface area contributed by atoms with E-state index in [9.17, 15) is 19.8 Å². The molecule has 8 heteroatoms. The number of aryl methyl sites for hydroxylation is 1. The summed E-state index contributed by atoms with van der Waals surface area (Å²) in [6, 6.07) is 1.18. The van der Waals surface area contributed by atoms with E-state index >= 15 is 0 Å². The highest BCUT2D eigenvalue weighted by Crippen LogP contribution is 2.28. The van der Waals surface area contributed by atoms with E-state index in [-0.39, 0.29) is 0 Å². The molecule has 0 radical (unpaired) electrons. The van der Waals surface area contributed by atoms with Gasteiger partial charge in [-0.15, -0.1) is 0 Å². The Labute approximate surface area is 101 Å². The zero-order valence-corrected chi connectivity index (χ0v) is 9.61. The third-order valence-corrected chi connectivity index (χ3v) is 2.94. The predicted molar refractivity (Wildman–Crippen MR) is 59.1 cm³/mol. The Morgan fingerprint density at radius 3 is 2.56 bits per heavy atom. The van der Waals surface area contributed by atoms with Gasteiger partial charge in [-0.2, -0.15) is 0 Å². The minimum absolute atomic E-state index is 0.290. The van der Waals surface area contributed by atoms with Gasteiger partial charge in [0.2, 0.25) is 0 Å². The molecule has 1 saturated heterocycles. The maximum atomic E-state index is 11.7. The highest BCUT2D eigenvalue weighted by atomic mass is 16.6. The summed E-state index contributed by atoms with van der Waals surface area (Å²) in [7, 11) is 0. The zero-order valence-electron chi connectivity index (χ0n) is 9.61. The summed E-state index contributed by atoms with van der Waals surface area (Å²) in [6.07, 6.45) is -4.76. The molecule has 1 fully saturated rings. The molecule has 0 unspecified atom stereocenters. The zero-order chi connectivity index (χ0) is 13.4. The number of hydrogen-bond donors (Lipinski definition) is 4. The molecule has 100 valence electrons. The molecule has 18 heavy (non-hydrogen) atoms. The van der Waals surface area contributed by atoms with Crippen molar-refractivity contribution in [2.45, 2.75) is 31.5 Å². The maximum absolute atomic E-state index is 11.7. The first-order chi connectivity index (χ1) is 8.45. The molecule has 4 atom stereocenters. The van der Waals surface area contributed by atoms with Crippen molar-refractivity contribution < 1.29 is 20.1 Å². The van der Waals surface area contributed by atoms with E-state index < -0.39 is 42.4 Å². The minimum atomic E-state index is -1.36. The smallest absolute Gasteiger partial charge is 0.330 e. The normalized spacial score (nSPS) is 31.8. The van der Waals surface area contributed by atoms with Crippen molar-refractivity contribution in [3.05, 3.63) is 32.6 Å². The average Bonchev–Trinajstić information content (AvgIpc) is 2.56. The number of aromatic amines is 1. The number of H-pyrrole nitrogens is 1. The van der Waals surface area contributed by atoms with Gasteiger partial charge in [0.15, 0.2) is 6.23 Å². The fourth-order valence-corrected chi connectivity index (χ4v) is 2.03. The number of nitrogens with zero attached hydrogens (tertiary/aromatic N) is 1. The van der Waals surface area contributed by atoms with Crippen molar-refractivity contribution in [3.63, 3.8) is 0 Å². The second kappa shape index (κ2) is 4.65. The molecule has 0 saturated carbocycles. The number of nitrogens with one attached hydrogen (secondary N) is 1. The fraction of sp³-hybridized carbons (Fsp3) is 0.600. The molecule has 2 rings (SSSR count). The Morgan fingerprint density at radius 1 is 1.39 bits per heavy atom. The molecule has 1 aliphatic rings. The van der Waals surface area contributed by atoms with E-state index in [4.69, 9.17) is 9.84 Å². The van der Waals surface area contributed by atoms with E-state index in [0.29, 0.717) is 5.69 Å². The van der Waals surface area contributed by atoms with Gasteiger partial charge in [-0.3, -0.25) is 14.3 Å². The van der Waals surface area contributed by atoms with Gasteiger partial charge >= 0.3 is 5.69 Å². The Balaban J connectivity index is 2.45. The number of hydrogen-bond acceptors (Lipinski definition) is 6. The van der Waals surface area contributed by atoms with Gasteiger partial charge in [-0.25, -0.2) is 4.79 Å². The Morgan fingerprint density at radius 2 is 2.06 bits per heavy atom. The summed E-state index contributed by atoms with van der Waals surface area (Å²) >= 11 is 0. The highest BCUT2D eigenvalue weighted by Gasteiger charge is 2.44. The summed E-state index contributed by atoms with van der Waals surface area (Å²) in [5.41, 5.74) is -1.01. The average molecular weight is 258 g/mol. The van der Waals surface area contributed by atoms with Crippen LogP contribution >= 0.6 is 0 Å². The molecule has 0 spiro atoms. The molecular formula is C10H14N2O6. The molecule has 0 amide bonds. The largest absolute Gasteiger partial charge is 0.394 e. The van der Waals surface area contributed by atoms with Crippen LogP contribution in [-0.2, 0) is 4.74 Å². The molecule has 1 aromatic rings. The van der Waals surface area contributed by atoms with Crippen LogP contribution in [0.2, 0.25) is 0 Å². The van der Waals surface area contributed by atoms with Gasteiger partial charge in [0.1, 0.15) is 18.3 Å². The van der Waals surface area contributed by atoms with Gasteiger partial charge in [0.25, 0.3) is 5.56 Å². The second-order valence-corrected chi connectivity index (χ2v) is 4.18. The standard InChI is InChI=1S/C10H14N2O6/c1-4-2-6(14)11-10(17)12(4)9-8(16)7(15)5(3-13)18-9/h2,5,7-9,13,15-16H,3H2,1H3,(H,11,14,17)/t5-,7-,8-,9-/m0/s1. The Bertz CT molecular complexity index is 550. The molecule has 2 heterocycles. The van der Waals surface area contributed by atoms with Crippen LogP contribution < -0.4 is 11.2 Å². The van der Waals surface area contributed by atoms with Gasteiger partial charge in [-0.1, -0.05) is 0 Å². The first-order valence-electron chi connectivity index (χ1n) is 5.40. The SMILES string of the molecule is Cc1cc(=O)[nH]c(=O)n1[C@H]1O[C@@H](CO)[C@H](O)[C@@H]1O. The molecule has 8 nitrogen and oxygen atoms in total. The molecule has 0 bridgehead atoms. The van der Waals surface area contributed by atoms with Crippen LogP contribution in [0.1, 0.15) is 11.9 Å². The second-order valence-electron chi connectivity index (χ2n) is 4.18. The summed E-state index contributed by atoms with van der Waals surface area (Å²) in [6.45, 7) is 1.03. The lowest BCUT2D eigenvalue weighted by Gasteiger charge is -2.19. The number of aliphatic hydroxyl groups excluding tert-OH is 3. The predicted octanol–water partition coefficient (Wildman–Crippen LogP) is -2.54. The van der Waals surface area contributed by atoms with Crippen molar-refractivity contribution >= 4 is 0 Å². The van der Waals surface area contributed by atoms with Crippen LogP contribution in [0.3, 0.4) is 0 Å². The Kier molecular flexibility index (Phi) is 3.35. The van der Waals surface area contributed by atoms with Gasteiger partial charge < -0.3 is 20.1 Å². The topological polar surface area (TPSA) is 125 Å². The number of aromatic nitrogens is 2. The van der Waals surface area contributed by atoms with E-state index in [0.717, 1.165) is 4.57 Å². The van der Waals surface area contributed by atoms with Gasteiger partial charge in [0.05, 0.1) is 6.61 Å². The van der Waals surface area contributed by atoms with Crippen molar-refractivity contribution in [2.24, 2.45) is 0 Å². The summed E-state index contributed by atoms with van der Waals surface area (Å²) in [5, 5.41) is 28.4. The molecular weight excluding hydrogens is 244 g/mol. The number of ether oxygens (including phenoxy) is 1. The van der Waals surface area contributed by atoms with Crippen molar-refractivity contribution in [1.29, 1.82) is 0 Å². The molecule has 1 aromatic heterocycles. The molecule has 1 aliphatic heterocycles. The summed E-state index contributed by atoms with van der Waals surface area (Å²) in [4.78, 5) is 24.8. The monoisotopic (exact) mass is 258 g/mol. The lowest BCUT2D eigenvalue weighted by Crippen LogP contribution is -2.39.